The summed E-state index contributed by atoms with van der Waals surface area (Å²) in [5.74, 6) is 0.321. The molecular formula is C18H26ClN3O2. The number of nitrogens with zero attached hydrogens (tertiary/aromatic N) is 1. The molecule has 2 fully saturated rings. The topological polar surface area (TPSA) is 61.4 Å². The summed E-state index contributed by atoms with van der Waals surface area (Å²) < 4.78 is 0. The van der Waals surface area contributed by atoms with Gasteiger partial charge < -0.3 is 15.5 Å². The third-order valence-electron chi connectivity index (χ3n) is 5.15. The first-order valence-electron chi connectivity index (χ1n) is 8.31. The third kappa shape index (κ3) is 3.90. The van der Waals surface area contributed by atoms with Crippen molar-refractivity contribution < 1.29 is 9.59 Å². The lowest BCUT2D eigenvalue weighted by Gasteiger charge is -2.23. The zero-order valence-electron chi connectivity index (χ0n) is 14.3. The molecule has 0 radical (unpaired) electrons. The van der Waals surface area contributed by atoms with Gasteiger partial charge in [-0.05, 0) is 55.5 Å². The number of hydrogen-bond donors (Lipinski definition) is 2. The second kappa shape index (κ2) is 7.53. The van der Waals surface area contributed by atoms with Gasteiger partial charge in [-0.3, -0.25) is 9.59 Å². The van der Waals surface area contributed by atoms with Crippen molar-refractivity contribution in [1.29, 1.82) is 0 Å². The molecule has 1 aliphatic heterocycles. The fourth-order valence-corrected chi connectivity index (χ4v) is 3.58. The van der Waals surface area contributed by atoms with Gasteiger partial charge in [0.2, 0.25) is 5.91 Å². The van der Waals surface area contributed by atoms with Crippen molar-refractivity contribution in [2.75, 3.05) is 27.2 Å². The molecule has 2 N–H and O–H groups in total. The average molecular weight is 352 g/mol. The summed E-state index contributed by atoms with van der Waals surface area (Å²) in [6.45, 7) is 2.54. The average Bonchev–Trinajstić information content (AvgIpc) is 3.26. The first-order valence-corrected chi connectivity index (χ1v) is 8.31. The van der Waals surface area contributed by atoms with Crippen molar-refractivity contribution >= 4 is 24.2 Å². The van der Waals surface area contributed by atoms with E-state index in [0.29, 0.717) is 12.1 Å². The molecule has 0 bridgehead atoms. The number of carbonyl (C=O) groups is 2. The number of hydrogen-bond acceptors (Lipinski definition) is 3. The molecule has 1 saturated carbocycles. The summed E-state index contributed by atoms with van der Waals surface area (Å²) in [7, 11) is 3.48. The molecule has 1 heterocycles. The van der Waals surface area contributed by atoms with E-state index in [4.69, 9.17) is 0 Å². The van der Waals surface area contributed by atoms with Gasteiger partial charge in [-0.1, -0.05) is 12.1 Å². The molecule has 24 heavy (non-hydrogen) atoms. The molecule has 1 aromatic carbocycles. The molecule has 1 atom stereocenters. The van der Waals surface area contributed by atoms with Crippen molar-refractivity contribution in [2.45, 2.75) is 25.8 Å². The van der Waals surface area contributed by atoms with Crippen LogP contribution in [0.4, 0.5) is 0 Å². The summed E-state index contributed by atoms with van der Waals surface area (Å²) in [5.41, 5.74) is 1.88. The molecule has 132 valence electrons. The second-order valence-electron chi connectivity index (χ2n) is 6.99. The highest BCUT2D eigenvalue weighted by Gasteiger charge is 2.57. The monoisotopic (exact) mass is 351 g/mol. The van der Waals surface area contributed by atoms with E-state index >= 15 is 0 Å². The highest BCUT2D eigenvalue weighted by Crippen LogP contribution is 2.58. The Morgan fingerprint density at radius 1 is 1.29 bits per heavy atom. The number of amides is 2. The Morgan fingerprint density at radius 2 is 2.00 bits per heavy atom. The Hall–Kier alpha value is -1.59. The van der Waals surface area contributed by atoms with E-state index in [9.17, 15) is 9.59 Å². The van der Waals surface area contributed by atoms with Crippen LogP contribution in [0, 0.1) is 11.3 Å². The van der Waals surface area contributed by atoms with Gasteiger partial charge in [-0.25, -0.2) is 0 Å². The van der Waals surface area contributed by atoms with E-state index < -0.39 is 0 Å². The quantitative estimate of drug-likeness (QED) is 0.869. The Kier molecular flexibility index (Phi) is 5.88. The second-order valence-corrected chi connectivity index (χ2v) is 6.99. The highest BCUT2D eigenvalue weighted by atomic mass is 35.5. The third-order valence-corrected chi connectivity index (χ3v) is 5.15. The fourth-order valence-electron chi connectivity index (χ4n) is 3.58. The molecule has 2 aliphatic rings. The maximum Gasteiger partial charge on any atom is 0.253 e. The van der Waals surface area contributed by atoms with Crippen molar-refractivity contribution in [3.8, 4) is 0 Å². The maximum atomic E-state index is 12.4. The molecule has 5 nitrogen and oxygen atoms in total. The van der Waals surface area contributed by atoms with E-state index in [1.807, 2.05) is 18.2 Å². The summed E-state index contributed by atoms with van der Waals surface area (Å²) >= 11 is 0. The van der Waals surface area contributed by atoms with Gasteiger partial charge in [-0.2, -0.15) is 0 Å². The summed E-state index contributed by atoms with van der Waals surface area (Å²) in [6.07, 6.45) is 3.25. The Labute approximate surface area is 149 Å². The van der Waals surface area contributed by atoms with Gasteiger partial charge >= 0.3 is 0 Å². The van der Waals surface area contributed by atoms with E-state index in [1.54, 1.807) is 25.1 Å². The lowest BCUT2D eigenvalue weighted by Crippen LogP contribution is -2.33. The molecule has 3 rings (SSSR count). The van der Waals surface area contributed by atoms with Crippen molar-refractivity contribution in [3.63, 3.8) is 0 Å². The standard InChI is InChI=1S/C18H25N3O2.ClH/c1-21(2)17(23)14-5-3-4-13(10-14)12-20-16(22)15-11-18(15)6-8-19-9-7-18;/h3-5,10,15,19H,6-9,11-12H2,1-2H3,(H,20,22);1H. The SMILES string of the molecule is CN(C)C(=O)c1cccc(CNC(=O)C2CC23CCNCC3)c1.Cl. The fraction of sp³-hybridized carbons (Fsp3) is 0.556. The summed E-state index contributed by atoms with van der Waals surface area (Å²) in [5, 5.41) is 6.40. The molecule has 6 heteroatoms. The Balaban J connectivity index is 0.00000208. The molecule has 1 aromatic rings. The van der Waals surface area contributed by atoms with Crippen LogP contribution >= 0.6 is 12.4 Å². The predicted octanol–water partition coefficient (Wildman–Crippen LogP) is 1.82. The van der Waals surface area contributed by atoms with E-state index in [2.05, 4.69) is 10.6 Å². The molecule has 1 spiro atoms. The normalized spacial score (nSPS) is 20.8. The zero-order valence-corrected chi connectivity index (χ0v) is 15.1. The molecule has 1 unspecified atom stereocenters. The number of halogens is 1. The maximum absolute atomic E-state index is 12.4. The van der Waals surface area contributed by atoms with E-state index in [-0.39, 0.29) is 35.6 Å². The van der Waals surface area contributed by atoms with Crippen LogP contribution in [0.2, 0.25) is 0 Å². The van der Waals surface area contributed by atoms with Gasteiger partial charge in [0.15, 0.2) is 0 Å². The van der Waals surface area contributed by atoms with Gasteiger partial charge in [-0.15, -0.1) is 12.4 Å². The minimum atomic E-state index is -0.0194. The smallest absolute Gasteiger partial charge is 0.253 e. The van der Waals surface area contributed by atoms with Crippen LogP contribution in [-0.4, -0.2) is 43.9 Å². The molecule has 1 aliphatic carbocycles. The number of piperidine rings is 1. The molecule has 0 aromatic heterocycles. The van der Waals surface area contributed by atoms with Gasteiger partial charge in [0.25, 0.3) is 5.91 Å². The van der Waals surface area contributed by atoms with Crippen LogP contribution in [-0.2, 0) is 11.3 Å². The summed E-state index contributed by atoms with van der Waals surface area (Å²) in [6, 6.07) is 7.47. The number of benzene rings is 1. The summed E-state index contributed by atoms with van der Waals surface area (Å²) in [4.78, 5) is 25.9. The number of rotatable bonds is 4. The number of nitrogens with one attached hydrogen (secondary N) is 2. The van der Waals surface area contributed by atoms with Crippen molar-refractivity contribution in [1.82, 2.24) is 15.5 Å². The predicted molar refractivity (Wildman–Crippen MR) is 96.2 cm³/mol. The van der Waals surface area contributed by atoms with Crippen LogP contribution in [0.3, 0.4) is 0 Å². The molecule has 1 saturated heterocycles. The van der Waals surface area contributed by atoms with E-state index in [0.717, 1.165) is 37.9 Å². The Bertz CT molecular complexity index is 612. The van der Waals surface area contributed by atoms with Crippen LogP contribution in [0.15, 0.2) is 24.3 Å². The van der Waals surface area contributed by atoms with Gasteiger partial charge in [0, 0.05) is 32.1 Å². The molecular weight excluding hydrogens is 326 g/mol. The van der Waals surface area contributed by atoms with Crippen LogP contribution in [0.25, 0.3) is 0 Å². The van der Waals surface area contributed by atoms with E-state index in [1.165, 1.54) is 0 Å². The molecule has 2 amide bonds. The van der Waals surface area contributed by atoms with Crippen molar-refractivity contribution in [2.24, 2.45) is 11.3 Å². The highest BCUT2D eigenvalue weighted by molar-refractivity contribution is 5.94. The van der Waals surface area contributed by atoms with Crippen LogP contribution in [0.1, 0.15) is 35.2 Å². The van der Waals surface area contributed by atoms with Gasteiger partial charge in [0.05, 0.1) is 0 Å². The minimum Gasteiger partial charge on any atom is -0.352 e. The lowest BCUT2D eigenvalue weighted by molar-refractivity contribution is -0.123. The first-order chi connectivity index (χ1) is 11.0. The van der Waals surface area contributed by atoms with Gasteiger partial charge in [0.1, 0.15) is 0 Å². The minimum absolute atomic E-state index is 0. The lowest BCUT2D eigenvalue weighted by atomic mass is 9.92. The zero-order chi connectivity index (χ0) is 16.4. The number of carbonyl (C=O) groups excluding carboxylic acids is 2. The largest absolute Gasteiger partial charge is 0.352 e. The first kappa shape index (κ1) is 18.7. The van der Waals surface area contributed by atoms with Crippen molar-refractivity contribution in [3.05, 3.63) is 35.4 Å². The Morgan fingerprint density at radius 3 is 2.67 bits per heavy atom. The van der Waals surface area contributed by atoms with Crippen LogP contribution < -0.4 is 10.6 Å². The van der Waals surface area contributed by atoms with Crippen LogP contribution in [0.5, 0.6) is 0 Å².